The largest absolute Gasteiger partial charge is 0.391 e. The number of aliphatic hydroxyl groups is 1. The average molecular weight is 369 g/mol. The first-order chi connectivity index (χ1) is 13.1. The minimum absolute atomic E-state index is 0.241. The van der Waals surface area contributed by atoms with E-state index >= 15 is 0 Å². The normalized spacial score (nSPS) is 22.5. The first-order valence-electron chi connectivity index (χ1n) is 10.4. The van der Waals surface area contributed by atoms with Gasteiger partial charge in [-0.1, -0.05) is 18.6 Å². The Hall–Kier alpha value is -1.69. The Morgan fingerprint density at radius 2 is 1.85 bits per heavy atom. The van der Waals surface area contributed by atoms with Crippen molar-refractivity contribution in [2.45, 2.75) is 39.3 Å². The van der Waals surface area contributed by atoms with Gasteiger partial charge in [-0.05, 0) is 44.5 Å². The van der Waals surface area contributed by atoms with Crippen LogP contribution in [0, 0.1) is 6.92 Å². The Morgan fingerprint density at radius 3 is 2.59 bits per heavy atom. The minimum atomic E-state index is -0.241. The van der Waals surface area contributed by atoms with E-state index in [1.54, 1.807) is 0 Å². The fourth-order valence-electron chi connectivity index (χ4n) is 4.37. The molecule has 1 aromatic carbocycles. The summed E-state index contributed by atoms with van der Waals surface area (Å²) in [7, 11) is 0. The molecule has 2 aliphatic rings. The molecule has 2 aliphatic heterocycles. The van der Waals surface area contributed by atoms with Crippen LogP contribution in [-0.2, 0) is 6.54 Å². The molecule has 27 heavy (non-hydrogen) atoms. The quantitative estimate of drug-likeness (QED) is 0.899. The number of anilines is 1. The molecular weight excluding hydrogens is 336 g/mol. The van der Waals surface area contributed by atoms with Crippen molar-refractivity contribution in [3.05, 3.63) is 35.4 Å². The van der Waals surface area contributed by atoms with Crippen molar-refractivity contribution in [3.8, 4) is 0 Å². The van der Waals surface area contributed by atoms with E-state index in [1.165, 1.54) is 16.5 Å². The van der Waals surface area contributed by atoms with Crippen molar-refractivity contribution < 1.29 is 5.11 Å². The van der Waals surface area contributed by atoms with Gasteiger partial charge in [-0.3, -0.25) is 4.90 Å². The van der Waals surface area contributed by atoms with E-state index in [0.717, 1.165) is 70.0 Å². The number of benzene rings is 1. The molecule has 0 amide bonds. The van der Waals surface area contributed by atoms with Crippen molar-refractivity contribution in [2.24, 2.45) is 0 Å². The molecule has 4 rings (SSSR count). The van der Waals surface area contributed by atoms with Crippen molar-refractivity contribution >= 4 is 16.7 Å². The zero-order chi connectivity index (χ0) is 18.8. The number of fused-ring (bicyclic) bond motifs is 1. The highest BCUT2D eigenvalue weighted by atomic mass is 16.3. The Bertz CT molecular complexity index is 785. The van der Waals surface area contributed by atoms with Gasteiger partial charge in [-0.15, -0.1) is 0 Å². The second-order valence-electron chi connectivity index (χ2n) is 8.12. The van der Waals surface area contributed by atoms with Gasteiger partial charge in [-0.2, -0.15) is 0 Å². The third-order valence-electron chi connectivity index (χ3n) is 6.03. The molecule has 5 nitrogen and oxygen atoms in total. The summed E-state index contributed by atoms with van der Waals surface area (Å²) in [5.74, 6) is 1.07. The van der Waals surface area contributed by atoms with E-state index in [-0.39, 0.29) is 6.10 Å². The van der Waals surface area contributed by atoms with E-state index in [0.29, 0.717) is 6.54 Å². The summed E-state index contributed by atoms with van der Waals surface area (Å²) in [6.07, 6.45) is 1.69. The Kier molecular flexibility index (Phi) is 5.62. The molecule has 2 saturated heterocycles. The zero-order valence-electron chi connectivity index (χ0n) is 16.7. The van der Waals surface area contributed by atoms with Gasteiger partial charge in [0.15, 0.2) is 0 Å². The van der Waals surface area contributed by atoms with Crippen LogP contribution in [0.3, 0.4) is 0 Å². The first-order valence-corrected chi connectivity index (χ1v) is 10.4. The Labute approximate surface area is 162 Å². The lowest BCUT2D eigenvalue weighted by Crippen LogP contribution is -2.46. The highest BCUT2D eigenvalue weighted by Crippen LogP contribution is 2.28. The van der Waals surface area contributed by atoms with E-state index in [2.05, 4.69) is 52.8 Å². The summed E-state index contributed by atoms with van der Waals surface area (Å²) in [6, 6.07) is 8.82. The van der Waals surface area contributed by atoms with Gasteiger partial charge in [0.25, 0.3) is 0 Å². The molecule has 0 unspecified atom stereocenters. The smallest absolute Gasteiger partial charge is 0.133 e. The SMILES string of the molecule is CCN1CCN(Cc2cc3cc(C)ccc3nc2N2CCC[C@@H](O)C2)CC1. The minimum Gasteiger partial charge on any atom is -0.391 e. The van der Waals surface area contributed by atoms with E-state index in [9.17, 15) is 5.11 Å². The van der Waals surface area contributed by atoms with Crippen LogP contribution >= 0.6 is 0 Å². The number of aryl methyl sites for hydroxylation is 1. The summed E-state index contributed by atoms with van der Waals surface area (Å²) in [5.41, 5.74) is 3.62. The summed E-state index contributed by atoms with van der Waals surface area (Å²) in [6.45, 7) is 12.7. The third kappa shape index (κ3) is 4.26. The predicted octanol–water partition coefficient (Wildman–Crippen LogP) is 2.64. The lowest BCUT2D eigenvalue weighted by molar-refractivity contribution is 0.131. The van der Waals surface area contributed by atoms with Gasteiger partial charge in [0, 0.05) is 56.8 Å². The number of pyridine rings is 1. The summed E-state index contributed by atoms with van der Waals surface area (Å²) >= 11 is 0. The maximum Gasteiger partial charge on any atom is 0.133 e. The average Bonchev–Trinajstić information content (AvgIpc) is 2.68. The second-order valence-corrected chi connectivity index (χ2v) is 8.12. The molecule has 1 atom stereocenters. The monoisotopic (exact) mass is 368 g/mol. The zero-order valence-corrected chi connectivity index (χ0v) is 16.7. The van der Waals surface area contributed by atoms with Gasteiger partial charge in [-0.25, -0.2) is 4.98 Å². The lowest BCUT2D eigenvalue weighted by Gasteiger charge is -2.36. The van der Waals surface area contributed by atoms with Crippen LogP contribution in [-0.4, -0.2) is 71.8 Å². The summed E-state index contributed by atoms with van der Waals surface area (Å²) in [5, 5.41) is 11.4. The van der Waals surface area contributed by atoms with E-state index < -0.39 is 0 Å². The van der Waals surface area contributed by atoms with Crippen molar-refractivity contribution in [1.82, 2.24) is 14.8 Å². The molecule has 0 bridgehead atoms. The molecule has 3 heterocycles. The molecule has 2 aromatic rings. The number of piperazine rings is 1. The first kappa shape index (κ1) is 18.7. The maximum atomic E-state index is 10.2. The van der Waals surface area contributed by atoms with Crippen LogP contribution in [0.4, 0.5) is 5.82 Å². The standard InChI is InChI=1S/C22H32N4O/c1-3-24-9-11-25(12-10-24)15-19-14-18-13-17(2)6-7-21(18)23-22(19)26-8-4-5-20(27)16-26/h6-7,13-14,20,27H,3-5,8-12,15-16H2,1-2H3/t20-/m1/s1. The lowest BCUT2D eigenvalue weighted by atomic mass is 10.0. The molecule has 0 saturated carbocycles. The third-order valence-corrected chi connectivity index (χ3v) is 6.03. The molecular formula is C22H32N4O. The number of piperidine rings is 1. The van der Waals surface area contributed by atoms with Crippen molar-refractivity contribution in [1.29, 1.82) is 0 Å². The van der Waals surface area contributed by atoms with Crippen LogP contribution in [0.25, 0.3) is 10.9 Å². The van der Waals surface area contributed by atoms with Crippen LogP contribution in [0.2, 0.25) is 0 Å². The number of hydrogen-bond donors (Lipinski definition) is 1. The Balaban J connectivity index is 1.64. The fraction of sp³-hybridized carbons (Fsp3) is 0.591. The second kappa shape index (κ2) is 8.13. The molecule has 1 N–H and O–H groups in total. The van der Waals surface area contributed by atoms with Gasteiger partial charge in [0.05, 0.1) is 11.6 Å². The number of β-amino-alcohol motifs (C(OH)–C–C–N with tert-alkyl or cyclic N) is 1. The Morgan fingerprint density at radius 1 is 1.07 bits per heavy atom. The highest BCUT2D eigenvalue weighted by Gasteiger charge is 2.24. The highest BCUT2D eigenvalue weighted by molar-refractivity contribution is 5.82. The number of hydrogen-bond acceptors (Lipinski definition) is 5. The molecule has 5 heteroatoms. The molecule has 146 valence electrons. The van der Waals surface area contributed by atoms with Gasteiger partial charge >= 0.3 is 0 Å². The molecule has 1 aromatic heterocycles. The van der Waals surface area contributed by atoms with Crippen LogP contribution in [0.1, 0.15) is 30.9 Å². The van der Waals surface area contributed by atoms with Crippen molar-refractivity contribution in [3.63, 3.8) is 0 Å². The van der Waals surface area contributed by atoms with Crippen LogP contribution in [0.15, 0.2) is 24.3 Å². The maximum absolute atomic E-state index is 10.2. The number of rotatable bonds is 4. The summed E-state index contributed by atoms with van der Waals surface area (Å²) in [4.78, 5) is 12.4. The predicted molar refractivity (Wildman–Crippen MR) is 111 cm³/mol. The van der Waals surface area contributed by atoms with Crippen LogP contribution in [0.5, 0.6) is 0 Å². The number of aromatic nitrogens is 1. The van der Waals surface area contributed by atoms with Gasteiger partial charge in [0.1, 0.15) is 5.82 Å². The number of nitrogens with zero attached hydrogens (tertiary/aromatic N) is 4. The summed E-state index contributed by atoms with van der Waals surface area (Å²) < 4.78 is 0. The van der Waals surface area contributed by atoms with E-state index in [1.807, 2.05) is 0 Å². The molecule has 2 fully saturated rings. The van der Waals surface area contributed by atoms with E-state index in [4.69, 9.17) is 4.98 Å². The molecule has 0 aliphatic carbocycles. The van der Waals surface area contributed by atoms with Crippen molar-refractivity contribution in [2.75, 3.05) is 50.7 Å². The molecule has 0 spiro atoms. The number of likely N-dealkylation sites (N-methyl/N-ethyl adjacent to an activating group) is 1. The fourth-order valence-corrected chi connectivity index (χ4v) is 4.37. The topological polar surface area (TPSA) is 42.8 Å². The molecule has 0 radical (unpaired) electrons. The van der Waals surface area contributed by atoms with Gasteiger partial charge in [0.2, 0.25) is 0 Å². The van der Waals surface area contributed by atoms with Gasteiger partial charge < -0.3 is 14.9 Å². The number of aliphatic hydroxyl groups excluding tert-OH is 1. The van der Waals surface area contributed by atoms with Crippen LogP contribution < -0.4 is 4.90 Å².